The number of fused-ring (bicyclic) bond motifs is 3. The smallest absolute Gasteiger partial charge is 0.256 e. The summed E-state index contributed by atoms with van der Waals surface area (Å²) >= 11 is 0. The normalized spacial score (nSPS) is 14.2. The molecule has 0 aliphatic carbocycles. The monoisotopic (exact) mass is 242 g/mol. The Bertz CT molecular complexity index is 644. The standard InChI is InChI=1S/C13H14N4O/c1-8-4-11-12(5-9(8)2)17-10(6-14-15-17)7-16(3)13(11)18/h4-6H,7H2,1-3H3. The lowest BCUT2D eigenvalue weighted by atomic mass is 10.0. The molecule has 2 heterocycles. The molecule has 0 saturated heterocycles. The van der Waals surface area contributed by atoms with Crippen LogP contribution in [0.4, 0.5) is 0 Å². The van der Waals surface area contributed by atoms with Gasteiger partial charge in [-0.15, -0.1) is 5.10 Å². The summed E-state index contributed by atoms with van der Waals surface area (Å²) in [7, 11) is 1.80. The highest BCUT2D eigenvalue weighted by Crippen LogP contribution is 2.25. The molecule has 1 aliphatic rings. The molecule has 0 N–H and O–H groups in total. The number of hydrogen-bond donors (Lipinski definition) is 0. The molecular weight excluding hydrogens is 228 g/mol. The van der Waals surface area contributed by atoms with Gasteiger partial charge in [0.15, 0.2) is 0 Å². The molecule has 0 saturated carbocycles. The van der Waals surface area contributed by atoms with Gasteiger partial charge in [0.25, 0.3) is 5.91 Å². The van der Waals surface area contributed by atoms with Crippen molar-refractivity contribution in [2.24, 2.45) is 0 Å². The first-order chi connectivity index (χ1) is 8.58. The summed E-state index contributed by atoms with van der Waals surface area (Å²) in [6.07, 6.45) is 1.70. The van der Waals surface area contributed by atoms with Crippen molar-refractivity contribution in [2.75, 3.05) is 7.05 Å². The zero-order chi connectivity index (χ0) is 12.9. The predicted octanol–water partition coefficient (Wildman–Crippen LogP) is 1.47. The number of nitrogens with zero attached hydrogens (tertiary/aromatic N) is 4. The molecule has 1 amide bonds. The van der Waals surface area contributed by atoms with Crippen LogP contribution < -0.4 is 0 Å². The van der Waals surface area contributed by atoms with Crippen LogP contribution in [0.2, 0.25) is 0 Å². The highest BCUT2D eigenvalue weighted by atomic mass is 16.2. The van der Waals surface area contributed by atoms with Crippen LogP contribution in [0.15, 0.2) is 18.3 Å². The van der Waals surface area contributed by atoms with Gasteiger partial charge in [0, 0.05) is 7.05 Å². The SMILES string of the molecule is Cc1cc2c(cc1C)-n1nncc1CN(C)C2=O. The Morgan fingerprint density at radius 1 is 1.22 bits per heavy atom. The van der Waals surface area contributed by atoms with Crippen LogP contribution in [-0.4, -0.2) is 32.8 Å². The molecule has 5 heteroatoms. The summed E-state index contributed by atoms with van der Waals surface area (Å²) in [5.41, 5.74) is 4.68. The van der Waals surface area contributed by atoms with Crippen LogP contribution in [0.1, 0.15) is 27.2 Å². The number of amides is 1. The Kier molecular flexibility index (Phi) is 2.23. The van der Waals surface area contributed by atoms with Crippen molar-refractivity contribution >= 4 is 5.91 Å². The molecule has 1 aromatic heterocycles. The summed E-state index contributed by atoms with van der Waals surface area (Å²) in [5, 5.41) is 8.02. The van der Waals surface area contributed by atoms with E-state index in [1.54, 1.807) is 22.8 Å². The quantitative estimate of drug-likeness (QED) is 0.703. The third-order valence-electron chi connectivity index (χ3n) is 3.44. The van der Waals surface area contributed by atoms with E-state index in [1.165, 1.54) is 0 Å². The highest BCUT2D eigenvalue weighted by Gasteiger charge is 2.25. The van der Waals surface area contributed by atoms with Crippen molar-refractivity contribution in [3.8, 4) is 5.69 Å². The van der Waals surface area contributed by atoms with Crippen molar-refractivity contribution < 1.29 is 4.79 Å². The van der Waals surface area contributed by atoms with Crippen LogP contribution in [0.25, 0.3) is 5.69 Å². The van der Waals surface area contributed by atoms with Gasteiger partial charge in [-0.3, -0.25) is 4.79 Å². The average molecular weight is 242 g/mol. The number of aryl methyl sites for hydroxylation is 2. The molecule has 18 heavy (non-hydrogen) atoms. The number of benzene rings is 1. The Morgan fingerprint density at radius 3 is 2.72 bits per heavy atom. The van der Waals surface area contributed by atoms with Crippen molar-refractivity contribution in [2.45, 2.75) is 20.4 Å². The Balaban J connectivity index is 2.34. The molecule has 0 spiro atoms. The van der Waals surface area contributed by atoms with Crippen molar-refractivity contribution in [1.29, 1.82) is 0 Å². The summed E-state index contributed by atoms with van der Waals surface area (Å²) in [4.78, 5) is 14.0. The van der Waals surface area contributed by atoms with E-state index >= 15 is 0 Å². The second-order valence-electron chi connectivity index (χ2n) is 4.75. The summed E-state index contributed by atoms with van der Waals surface area (Å²) in [6.45, 7) is 4.57. The minimum Gasteiger partial charge on any atom is -0.336 e. The predicted molar refractivity (Wildman–Crippen MR) is 66.6 cm³/mol. The molecule has 92 valence electrons. The van der Waals surface area contributed by atoms with Gasteiger partial charge in [0.05, 0.1) is 29.7 Å². The molecule has 0 atom stereocenters. The summed E-state index contributed by atoms with van der Waals surface area (Å²) in [6, 6.07) is 3.93. The van der Waals surface area contributed by atoms with Gasteiger partial charge in [-0.1, -0.05) is 5.21 Å². The Morgan fingerprint density at radius 2 is 1.94 bits per heavy atom. The molecule has 0 bridgehead atoms. The second-order valence-corrected chi connectivity index (χ2v) is 4.75. The topological polar surface area (TPSA) is 51.0 Å². The van der Waals surface area contributed by atoms with Gasteiger partial charge in [0.2, 0.25) is 0 Å². The molecule has 2 aromatic rings. The van der Waals surface area contributed by atoms with Crippen LogP contribution in [0, 0.1) is 13.8 Å². The van der Waals surface area contributed by atoms with Crippen LogP contribution in [0.5, 0.6) is 0 Å². The summed E-state index contributed by atoms with van der Waals surface area (Å²) < 4.78 is 1.75. The van der Waals surface area contributed by atoms with Crippen LogP contribution in [0.3, 0.4) is 0 Å². The van der Waals surface area contributed by atoms with Crippen molar-refractivity contribution in [1.82, 2.24) is 19.9 Å². The highest BCUT2D eigenvalue weighted by molar-refractivity contribution is 5.98. The number of carbonyl (C=O) groups is 1. The van der Waals surface area contributed by atoms with Gasteiger partial charge in [0.1, 0.15) is 0 Å². The summed E-state index contributed by atoms with van der Waals surface area (Å²) in [5.74, 6) is 0.0265. The second kappa shape index (κ2) is 3.66. The number of rotatable bonds is 0. The number of carbonyl (C=O) groups excluding carboxylic acids is 1. The molecular formula is C13H14N4O. The Hall–Kier alpha value is -2.17. The maximum absolute atomic E-state index is 12.3. The van der Waals surface area contributed by atoms with Crippen molar-refractivity contribution in [3.63, 3.8) is 0 Å². The largest absolute Gasteiger partial charge is 0.336 e. The van der Waals surface area contributed by atoms with E-state index < -0.39 is 0 Å². The van der Waals surface area contributed by atoms with Crippen LogP contribution >= 0.6 is 0 Å². The van der Waals surface area contributed by atoms with E-state index in [0.717, 1.165) is 22.5 Å². The molecule has 0 radical (unpaired) electrons. The molecule has 3 rings (SSSR count). The lowest BCUT2D eigenvalue weighted by molar-refractivity contribution is 0.0788. The molecule has 0 fully saturated rings. The fraction of sp³-hybridized carbons (Fsp3) is 0.308. The average Bonchev–Trinajstić information content (AvgIpc) is 2.75. The van der Waals surface area contributed by atoms with E-state index in [0.29, 0.717) is 12.1 Å². The fourth-order valence-electron chi connectivity index (χ4n) is 2.23. The van der Waals surface area contributed by atoms with Gasteiger partial charge < -0.3 is 4.90 Å². The minimum absolute atomic E-state index is 0.0265. The van der Waals surface area contributed by atoms with E-state index in [9.17, 15) is 4.79 Å². The first kappa shape index (κ1) is 11.0. The fourth-order valence-corrected chi connectivity index (χ4v) is 2.23. The van der Waals surface area contributed by atoms with Gasteiger partial charge in [-0.2, -0.15) is 0 Å². The van der Waals surface area contributed by atoms with E-state index in [2.05, 4.69) is 10.3 Å². The first-order valence-corrected chi connectivity index (χ1v) is 5.84. The Labute approximate surface area is 105 Å². The van der Waals surface area contributed by atoms with E-state index in [-0.39, 0.29) is 5.91 Å². The third-order valence-corrected chi connectivity index (χ3v) is 3.44. The zero-order valence-corrected chi connectivity index (χ0v) is 10.6. The molecule has 1 aromatic carbocycles. The lowest BCUT2D eigenvalue weighted by Gasteiger charge is -2.14. The van der Waals surface area contributed by atoms with Gasteiger partial charge in [-0.05, 0) is 37.1 Å². The maximum Gasteiger partial charge on any atom is 0.256 e. The lowest BCUT2D eigenvalue weighted by Crippen LogP contribution is -2.25. The maximum atomic E-state index is 12.3. The number of aromatic nitrogens is 3. The molecule has 0 unspecified atom stereocenters. The van der Waals surface area contributed by atoms with E-state index in [1.807, 2.05) is 26.0 Å². The zero-order valence-electron chi connectivity index (χ0n) is 10.6. The third kappa shape index (κ3) is 1.44. The van der Waals surface area contributed by atoms with Gasteiger partial charge in [-0.25, -0.2) is 4.68 Å². The van der Waals surface area contributed by atoms with Crippen molar-refractivity contribution in [3.05, 3.63) is 40.7 Å². The molecule has 5 nitrogen and oxygen atoms in total. The molecule has 1 aliphatic heterocycles. The minimum atomic E-state index is 0.0265. The van der Waals surface area contributed by atoms with E-state index in [4.69, 9.17) is 0 Å². The number of hydrogen-bond acceptors (Lipinski definition) is 3. The first-order valence-electron chi connectivity index (χ1n) is 5.84. The van der Waals surface area contributed by atoms with Gasteiger partial charge >= 0.3 is 0 Å². The van der Waals surface area contributed by atoms with Crippen LogP contribution in [-0.2, 0) is 6.54 Å².